The van der Waals surface area contributed by atoms with E-state index in [0.29, 0.717) is 11.4 Å². The molecule has 86 valence electrons. The molecule has 1 rings (SSSR count). The Kier molecular flexibility index (Phi) is 3.24. The van der Waals surface area contributed by atoms with Gasteiger partial charge in [0.2, 0.25) is 11.9 Å². The molecule has 0 atom stereocenters. The third kappa shape index (κ3) is 2.35. The van der Waals surface area contributed by atoms with Gasteiger partial charge >= 0.3 is 0 Å². The fourth-order valence-electron chi connectivity index (χ4n) is 1.19. The van der Waals surface area contributed by atoms with Gasteiger partial charge in [-0.2, -0.15) is 10.2 Å². The summed E-state index contributed by atoms with van der Waals surface area (Å²) in [4.78, 5) is 0. The molecule has 0 radical (unpaired) electrons. The molecule has 0 saturated carbocycles. The second-order valence-electron chi connectivity index (χ2n) is 3.15. The fourth-order valence-corrected chi connectivity index (χ4v) is 1.19. The van der Waals surface area contributed by atoms with Crippen LogP contribution in [-0.2, 0) is 0 Å². The van der Waals surface area contributed by atoms with E-state index in [1.165, 1.54) is 4.68 Å². The van der Waals surface area contributed by atoms with Crippen LogP contribution in [0.5, 0.6) is 0 Å². The average Bonchev–Trinajstić information content (AvgIpc) is 2.56. The highest BCUT2D eigenvalue weighted by atomic mass is 15.3. The Hall–Kier alpha value is -2.38. The summed E-state index contributed by atoms with van der Waals surface area (Å²) in [5.41, 5.74) is 17.7. The number of nitrogens with zero attached hydrogens (tertiary/aromatic N) is 4. The van der Waals surface area contributed by atoms with Gasteiger partial charge in [0.05, 0.1) is 17.6 Å². The highest BCUT2D eigenvalue weighted by Gasteiger charge is 2.10. The Balaban J connectivity index is 3.11. The minimum absolute atomic E-state index is 0.115. The van der Waals surface area contributed by atoms with Crippen molar-refractivity contribution in [2.45, 2.75) is 13.8 Å². The molecule has 0 aromatic carbocycles. The van der Waals surface area contributed by atoms with E-state index in [4.69, 9.17) is 22.6 Å². The van der Waals surface area contributed by atoms with Crippen LogP contribution >= 0.6 is 0 Å². The molecule has 0 bridgehead atoms. The molecular weight excluding hydrogens is 208 g/mol. The molecule has 8 nitrogen and oxygen atoms in total. The van der Waals surface area contributed by atoms with Crippen molar-refractivity contribution in [3.63, 3.8) is 0 Å². The molecule has 1 heterocycles. The van der Waals surface area contributed by atoms with Gasteiger partial charge in [0.1, 0.15) is 0 Å². The van der Waals surface area contributed by atoms with Crippen molar-refractivity contribution in [1.29, 1.82) is 5.41 Å². The Morgan fingerprint density at radius 2 is 2.00 bits per heavy atom. The number of nitrogens with one attached hydrogen (secondary N) is 1. The highest BCUT2D eigenvalue weighted by Crippen LogP contribution is 2.08. The number of nitrogen functional groups attached to an aromatic ring is 1. The maximum atomic E-state index is 7.27. The molecule has 0 aliphatic heterocycles. The van der Waals surface area contributed by atoms with E-state index in [9.17, 15) is 0 Å². The first-order valence-electron chi connectivity index (χ1n) is 4.46. The summed E-state index contributed by atoms with van der Waals surface area (Å²) in [5, 5.41) is 18.6. The van der Waals surface area contributed by atoms with E-state index < -0.39 is 0 Å². The van der Waals surface area contributed by atoms with Crippen molar-refractivity contribution in [1.82, 2.24) is 9.78 Å². The summed E-state index contributed by atoms with van der Waals surface area (Å²) in [6.07, 6.45) is 1.55. The number of hydrogen-bond donors (Lipinski definition) is 4. The number of rotatable bonds is 2. The third-order valence-electron chi connectivity index (χ3n) is 1.94. The van der Waals surface area contributed by atoms with Crippen molar-refractivity contribution in [2.24, 2.45) is 27.4 Å². The van der Waals surface area contributed by atoms with Gasteiger partial charge in [-0.05, 0) is 13.8 Å². The molecular formula is C8H14N8. The van der Waals surface area contributed by atoms with Gasteiger partial charge in [-0.3, -0.25) is 5.41 Å². The van der Waals surface area contributed by atoms with Crippen LogP contribution in [0.15, 0.2) is 16.4 Å². The molecule has 16 heavy (non-hydrogen) atoms. The summed E-state index contributed by atoms with van der Waals surface area (Å²) in [7, 11) is 0. The zero-order valence-corrected chi connectivity index (χ0v) is 9.10. The van der Waals surface area contributed by atoms with E-state index in [-0.39, 0.29) is 11.9 Å². The van der Waals surface area contributed by atoms with Gasteiger partial charge in [-0.1, -0.05) is 0 Å². The average molecular weight is 222 g/mol. The smallest absolute Gasteiger partial charge is 0.213 e. The molecule has 1 aromatic heterocycles. The van der Waals surface area contributed by atoms with Crippen LogP contribution in [0.3, 0.4) is 0 Å². The molecule has 0 aliphatic carbocycles. The highest BCUT2D eigenvalue weighted by molar-refractivity contribution is 6.00. The third-order valence-corrected chi connectivity index (χ3v) is 1.94. The number of guanidine groups is 1. The second kappa shape index (κ2) is 4.43. The zero-order chi connectivity index (χ0) is 12.3. The van der Waals surface area contributed by atoms with E-state index in [1.54, 1.807) is 20.0 Å². The SMILES string of the molecule is CC(=NN=C(N)N)c1cnn(C(=N)N)c1C. The zero-order valence-electron chi connectivity index (χ0n) is 9.10. The van der Waals surface area contributed by atoms with Crippen LogP contribution in [0.25, 0.3) is 0 Å². The minimum Gasteiger partial charge on any atom is -0.369 e. The Labute approximate surface area is 92.3 Å². The predicted molar refractivity (Wildman–Crippen MR) is 62.3 cm³/mol. The lowest BCUT2D eigenvalue weighted by Gasteiger charge is -2.01. The largest absolute Gasteiger partial charge is 0.369 e. The number of aromatic nitrogens is 2. The van der Waals surface area contributed by atoms with Crippen LogP contribution in [0.4, 0.5) is 0 Å². The first kappa shape index (κ1) is 11.7. The van der Waals surface area contributed by atoms with Crippen molar-refractivity contribution in [3.8, 4) is 0 Å². The quantitative estimate of drug-likeness (QED) is 0.287. The summed E-state index contributed by atoms with van der Waals surface area (Å²) >= 11 is 0. The first-order valence-corrected chi connectivity index (χ1v) is 4.46. The van der Waals surface area contributed by atoms with Gasteiger partial charge in [0.15, 0.2) is 0 Å². The van der Waals surface area contributed by atoms with Crippen molar-refractivity contribution in [2.75, 3.05) is 0 Å². The van der Waals surface area contributed by atoms with Gasteiger partial charge in [0.25, 0.3) is 0 Å². The molecule has 0 aliphatic rings. The van der Waals surface area contributed by atoms with Crippen LogP contribution in [0.1, 0.15) is 18.2 Å². The van der Waals surface area contributed by atoms with Crippen LogP contribution < -0.4 is 17.2 Å². The standard InChI is InChI=1S/C8H14N8/c1-4(14-15-7(9)10)6-3-13-16(5(6)2)8(11)12/h3H,1-2H3,(H3,11,12)(H4,9,10,15). The van der Waals surface area contributed by atoms with Crippen molar-refractivity contribution >= 4 is 17.6 Å². The van der Waals surface area contributed by atoms with Gasteiger partial charge < -0.3 is 17.2 Å². The lowest BCUT2D eigenvalue weighted by molar-refractivity contribution is 0.877. The molecule has 0 spiro atoms. The first-order chi connectivity index (χ1) is 7.43. The van der Waals surface area contributed by atoms with Gasteiger partial charge in [-0.25, -0.2) is 4.68 Å². The Morgan fingerprint density at radius 1 is 1.38 bits per heavy atom. The number of nitrogens with two attached hydrogens (primary N) is 3. The summed E-state index contributed by atoms with van der Waals surface area (Å²) in [5.74, 6) is -0.269. The van der Waals surface area contributed by atoms with E-state index in [2.05, 4.69) is 15.3 Å². The van der Waals surface area contributed by atoms with Crippen molar-refractivity contribution < 1.29 is 0 Å². The van der Waals surface area contributed by atoms with Gasteiger partial charge in [0, 0.05) is 5.56 Å². The second-order valence-corrected chi connectivity index (χ2v) is 3.15. The monoisotopic (exact) mass is 222 g/mol. The number of hydrogen-bond acceptors (Lipinski definition) is 4. The summed E-state index contributed by atoms with van der Waals surface area (Å²) < 4.78 is 1.30. The van der Waals surface area contributed by atoms with Gasteiger partial charge in [-0.15, -0.1) is 5.10 Å². The lowest BCUT2D eigenvalue weighted by atomic mass is 10.2. The minimum atomic E-state index is -0.154. The van der Waals surface area contributed by atoms with Crippen LogP contribution in [0, 0.1) is 12.3 Å². The van der Waals surface area contributed by atoms with E-state index >= 15 is 0 Å². The lowest BCUT2D eigenvalue weighted by Crippen LogP contribution is -2.23. The topological polar surface area (TPSA) is 144 Å². The van der Waals surface area contributed by atoms with Crippen LogP contribution in [-0.4, -0.2) is 27.4 Å². The molecule has 0 unspecified atom stereocenters. The van der Waals surface area contributed by atoms with E-state index in [1.807, 2.05) is 0 Å². The Morgan fingerprint density at radius 3 is 2.44 bits per heavy atom. The summed E-state index contributed by atoms with van der Waals surface area (Å²) in [6, 6.07) is 0. The predicted octanol–water partition coefficient (Wildman–Crippen LogP) is -1.07. The summed E-state index contributed by atoms with van der Waals surface area (Å²) in [6.45, 7) is 3.51. The maximum Gasteiger partial charge on any atom is 0.213 e. The molecule has 8 heteroatoms. The van der Waals surface area contributed by atoms with E-state index in [0.717, 1.165) is 5.56 Å². The fraction of sp³-hybridized carbons (Fsp3) is 0.250. The maximum absolute atomic E-state index is 7.27. The van der Waals surface area contributed by atoms with Crippen molar-refractivity contribution in [3.05, 3.63) is 17.5 Å². The Bertz CT molecular complexity index is 462. The molecule has 0 fully saturated rings. The normalized spacial score (nSPS) is 11.2. The molecule has 7 N–H and O–H groups in total. The molecule has 0 amide bonds. The molecule has 0 saturated heterocycles. The molecule has 1 aromatic rings. The van der Waals surface area contributed by atoms with Crippen LogP contribution in [0.2, 0.25) is 0 Å².